The highest BCUT2D eigenvalue weighted by molar-refractivity contribution is 6.06. The Morgan fingerprint density at radius 1 is 0.951 bits per heavy atom. The van der Waals surface area contributed by atoms with Gasteiger partial charge in [-0.15, -0.1) is 0 Å². The lowest BCUT2D eigenvalue weighted by Crippen LogP contribution is -2.33. The van der Waals surface area contributed by atoms with Crippen LogP contribution in [-0.2, 0) is 15.9 Å². The molecule has 1 unspecified atom stereocenters. The lowest BCUT2D eigenvalue weighted by Gasteiger charge is -2.28. The molecule has 0 saturated carbocycles. The molecule has 0 aromatic heterocycles. The quantitative estimate of drug-likeness (QED) is 0.226. The maximum atomic E-state index is 13.8. The van der Waals surface area contributed by atoms with E-state index in [2.05, 4.69) is 0 Å². The summed E-state index contributed by atoms with van der Waals surface area (Å²) in [5.41, 5.74) is 2.16. The normalized spacial score (nSPS) is 14.4. The minimum Gasteiger partial charge on any atom is -0.506 e. The van der Waals surface area contributed by atoms with Crippen LogP contribution in [0.1, 0.15) is 51.1 Å². The summed E-state index contributed by atoms with van der Waals surface area (Å²) in [4.78, 5) is 28.4. The first-order chi connectivity index (χ1) is 19.9. The third kappa shape index (κ3) is 6.74. The Morgan fingerprint density at radius 2 is 1.71 bits per heavy atom. The van der Waals surface area contributed by atoms with E-state index in [4.69, 9.17) is 23.7 Å². The van der Waals surface area contributed by atoms with Crippen molar-refractivity contribution in [2.24, 2.45) is 0 Å². The highest BCUT2D eigenvalue weighted by Crippen LogP contribution is 2.44. The van der Waals surface area contributed by atoms with Gasteiger partial charge in [-0.05, 0) is 55.0 Å². The van der Waals surface area contributed by atoms with Crippen LogP contribution >= 0.6 is 0 Å². The molecule has 3 aromatic carbocycles. The van der Waals surface area contributed by atoms with Crippen LogP contribution < -0.4 is 19.1 Å². The van der Waals surface area contributed by atoms with Gasteiger partial charge in [0.1, 0.15) is 11.3 Å². The van der Waals surface area contributed by atoms with Crippen molar-refractivity contribution in [2.45, 2.75) is 31.8 Å². The second-order valence-electron chi connectivity index (χ2n) is 9.77. The first-order valence-corrected chi connectivity index (χ1v) is 13.6. The van der Waals surface area contributed by atoms with Gasteiger partial charge in [0, 0.05) is 13.2 Å². The number of ether oxygens (including phenoxy) is 5. The molecule has 0 amide bonds. The summed E-state index contributed by atoms with van der Waals surface area (Å²) in [7, 11) is 5.84. The molecule has 0 bridgehead atoms. The molecule has 9 nitrogen and oxygen atoms in total. The lowest BCUT2D eigenvalue weighted by molar-refractivity contribution is 0.0596. The molecule has 0 radical (unpaired) electrons. The maximum absolute atomic E-state index is 13.8. The van der Waals surface area contributed by atoms with E-state index in [0.717, 1.165) is 25.0 Å². The molecule has 1 aliphatic rings. The Kier molecular flexibility index (Phi) is 10.1. The van der Waals surface area contributed by atoms with Gasteiger partial charge in [0.2, 0.25) is 5.75 Å². The van der Waals surface area contributed by atoms with Gasteiger partial charge in [-0.2, -0.15) is 0 Å². The zero-order chi connectivity index (χ0) is 29.4. The molecule has 1 atom stereocenters. The molecule has 0 spiro atoms. The van der Waals surface area contributed by atoms with Gasteiger partial charge < -0.3 is 33.7 Å². The smallest absolute Gasteiger partial charge is 0.341 e. The number of hydrogen-bond acceptors (Lipinski definition) is 9. The van der Waals surface area contributed by atoms with Gasteiger partial charge in [0.05, 0.1) is 52.3 Å². The highest BCUT2D eigenvalue weighted by atomic mass is 16.5. The van der Waals surface area contributed by atoms with E-state index in [-0.39, 0.29) is 29.6 Å². The van der Waals surface area contributed by atoms with Crippen LogP contribution in [0.15, 0.2) is 54.6 Å². The average molecular weight is 564 g/mol. The van der Waals surface area contributed by atoms with Crippen LogP contribution in [0.4, 0.5) is 5.69 Å². The zero-order valence-electron chi connectivity index (χ0n) is 24.0. The third-order valence-corrected chi connectivity index (χ3v) is 7.30. The molecule has 1 saturated heterocycles. The molecule has 4 rings (SSSR count). The summed E-state index contributed by atoms with van der Waals surface area (Å²) in [5, 5.41) is 11.2. The molecular weight excluding hydrogens is 526 g/mol. The zero-order valence-corrected chi connectivity index (χ0v) is 24.0. The van der Waals surface area contributed by atoms with Crippen molar-refractivity contribution in [2.75, 3.05) is 53.0 Å². The number of methoxy groups -OCH3 is 4. The second kappa shape index (κ2) is 13.9. The molecule has 0 aliphatic carbocycles. The molecular formula is C32H37NO8. The number of esters is 1. The average Bonchev–Trinajstić information content (AvgIpc) is 3.52. The standard InChI is InChI=1S/C32H37NO8/c1-37-27-15-14-25(30(38-2)31(27)39-3)33(17-16-23-11-8-18-41-23)20-26(34)24-13-12-22(19-21-9-6-5-7-10-21)28(29(24)35)32(36)40-4/h5-7,9-10,12-15,23,35H,8,11,16-20H2,1-4H3. The van der Waals surface area contributed by atoms with E-state index in [1.165, 1.54) is 21.3 Å². The number of phenolic OH excluding ortho intramolecular Hbond substituents is 1. The number of benzene rings is 3. The van der Waals surface area contributed by atoms with Crippen molar-refractivity contribution >= 4 is 17.4 Å². The minimum atomic E-state index is -0.708. The van der Waals surface area contributed by atoms with Crippen molar-refractivity contribution in [3.63, 3.8) is 0 Å². The molecule has 1 aliphatic heterocycles. The Bertz CT molecular complexity index is 1350. The maximum Gasteiger partial charge on any atom is 0.341 e. The lowest BCUT2D eigenvalue weighted by atomic mass is 9.95. The highest BCUT2D eigenvalue weighted by Gasteiger charge is 2.27. The number of aromatic hydroxyl groups is 1. The molecule has 218 valence electrons. The van der Waals surface area contributed by atoms with Crippen LogP contribution in [0.3, 0.4) is 0 Å². The summed E-state index contributed by atoms with van der Waals surface area (Å²) >= 11 is 0. The number of ketones is 1. The van der Waals surface area contributed by atoms with E-state index in [9.17, 15) is 14.7 Å². The van der Waals surface area contributed by atoms with E-state index >= 15 is 0 Å². The van der Waals surface area contributed by atoms with Crippen LogP contribution in [0.2, 0.25) is 0 Å². The number of anilines is 1. The SMILES string of the molecule is COC(=O)c1c(Cc2ccccc2)ccc(C(=O)CN(CCC2CCCO2)c2ccc(OC)c(OC)c2OC)c1O. The summed E-state index contributed by atoms with van der Waals surface area (Å²) in [6.45, 7) is 1.12. The first-order valence-electron chi connectivity index (χ1n) is 13.6. The van der Waals surface area contributed by atoms with Crippen molar-refractivity contribution in [3.8, 4) is 23.0 Å². The molecule has 3 aromatic rings. The second-order valence-corrected chi connectivity index (χ2v) is 9.77. The summed E-state index contributed by atoms with van der Waals surface area (Å²) < 4.78 is 27.5. The van der Waals surface area contributed by atoms with Crippen LogP contribution in [0.5, 0.6) is 23.0 Å². The molecule has 1 fully saturated rings. The third-order valence-electron chi connectivity index (χ3n) is 7.30. The monoisotopic (exact) mass is 563 g/mol. The van der Waals surface area contributed by atoms with Gasteiger partial charge in [-0.3, -0.25) is 4.79 Å². The van der Waals surface area contributed by atoms with Gasteiger partial charge in [0.25, 0.3) is 0 Å². The number of rotatable bonds is 13. The van der Waals surface area contributed by atoms with Gasteiger partial charge in [-0.1, -0.05) is 36.4 Å². The van der Waals surface area contributed by atoms with Crippen molar-refractivity contribution in [1.82, 2.24) is 0 Å². The van der Waals surface area contributed by atoms with E-state index in [1.54, 1.807) is 25.3 Å². The number of phenols is 1. The summed E-state index contributed by atoms with van der Waals surface area (Å²) in [6.07, 6.45) is 3.14. The van der Waals surface area contributed by atoms with Crippen LogP contribution in [0, 0.1) is 0 Å². The fourth-order valence-corrected chi connectivity index (χ4v) is 5.20. The Hall–Kier alpha value is -4.24. The number of carbonyl (C=O) groups is 2. The Balaban J connectivity index is 1.69. The summed E-state index contributed by atoms with van der Waals surface area (Å²) in [6, 6.07) is 16.4. The van der Waals surface area contributed by atoms with Crippen molar-refractivity contribution in [3.05, 3.63) is 76.9 Å². The van der Waals surface area contributed by atoms with Crippen LogP contribution in [-0.4, -0.2) is 71.1 Å². The van der Waals surface area contributed by atoms with Crippen molar-refractivity contribution in [1.29, 1.82) is 0 Å². The predicted octanol–water partition coefficient (Wildman–Crippen LogP) is 5.05. The number of hydrogen-bond donors (Lipinski definition) is 1. The number of Topliss-reactive ketones (excluding diaryl/α,β-unsaturated/α-hetero) is 1. The fraction of sp³-hybridized carbons (Fsp3) is 0.375. The van der Waals surface area contributed by atoms with E-state index in [0.29, 0.717) is 47.9 Å². The molecule has 1 N–H and O–H groups in total. The van der Waals surface area contributed by atoms with Gasteiger partial charge >= 0.3 is 5.97 Å². The van der Waals surface area contributed by atoms with Gasteiger partial charge in [-0.25, -0.2) is 4.79 Å². The van der Waals surface area contributed by atoms with Crippen molar-refractivity contribution < 1.29 is 38.4 Å². The first kappa shape index (κ1) is 29.7. The Labute approximate surface area is 240 Å². The van der Waals surface area contributed by atoms with E-state index < -0.39 is 11.7 Å². The fourth-order valence-electron chi connectivity index (χ4n) is 5.20. The molecule has 41 heavy (non-hydrogen) atoms. The van der Waals surface area contributed by atoms with E-state index in [1.807, 2.05) is 41.3 Å². The molecule has 9 heteroatoms. The predicted molar refractivity (Wildman–Crippen MR) is 155 cm³/mol. The summed E-state index contributed by atoms with van der Waals surface area (Å²) in [5.74, 6) is -0.155. The largest absolute Gasteiger partial charge is 0.506 e. The Morgan fingerprint density at radius 3 is 2.34 bits per heavy atom. The van der Waals surface area contributed by atoms with Gasteiger partial charge in [0.15, 0.2) is 17.3 Å². The van der Waals surface area contributed by atoms with Crippen LogP contribution in [0.25, 0.3) is 0 Å². The number of carbonyl (C=O) groups excluding carboxylic acids is 2. The number of nitrogens with zero attached hydrogens (tertiary/aromatic N) is 1. The minimum absolute atomic E-state index is 0.0168. The topological polar surface area (TPSA) is 104 Å². The molecule has 1 heterocycles.